The average molecular weight is 310 g/mol. The molecule has 0 saturated carbocycles. The van der Waals surface area contributed by atoms with Crippen molar-refractivity contribution in [1.29, 1.82) is 0 Å². The van der Waals surface area contributed by atoms with E-state index >= 15 is 0 Å². The lowest BCUT2D eigenvalue weighted by Crippen LogP contribution is -2.14. The Balaban J connectivity index is 2.35. The second-order valence-electron chi connectivity index (χ2n) is 4.37. The number of para-hydroxylation sites is 2. The van der Waals surface area contributed by atoms with Gasteiger partial charge in [0.1, 0.15) is 22.2 Å². The van der Waals surface area contributed by atoms with E-state index in [0.717, 1.165) is 0 Å². The van der Waals surface area contributed by atoms with E-state index < -0.39 is 10.0 Å². The molecule has 0 fully saturated rings. The van der Waals surface area contributed by atoms with Gasteiger partial charge in [0.05, 0.1) is 18.8 Å². The lowest BCUT2D eigenvalue weighted by atomic mass is 10.3. The summed E-state index contributed by atoms with van der Waals surface area (Å²) in [4.78, 5) is 0.0780. The summed E-state index contributed by atoms with van der Waals surface area (Å²) in [7, 11) is -3.75. The van der Waals surface area contributed by atoms with Gasteiger partial charge in [-0.1, -0.05) is 12.1 Å². The first-order chi connectivity index (χ1) is 9.97. The quantitative estimate of drug-likeness (QED) is 0.853. The molecule has 1 heterocycles. The fraction of sp³-hybridized carbons (Fsp3) is 0.286. The van der Waals surface area contributed by atoms with E-state index in [1.54, 1.807) is 31.2 Å². The van der Waals surface area contributed by atoms with Gasteiger partial charge in [-0.2, -0.15) is 0 Å². The molecule has 0 aliphatic rings. The highest BCUT2D eigenvalue weighted by Crippen LogP contribution is 2.28. The zero-order chi connectivity index (χ0) is 15.5. The Morgan fingerprint density at radius 1 is 1.33 bits per heavy atom. The number of nitrogens with two attached hydrogens (primary N) is 1. The van der Waals surface area contributed by atoms with Crippen LogP contribution < -0.4 is 15.2 Å². The van der Waals surface area contributed by atoms with Gasteiger partial charge in [0.25, 0.3) is 10.0 Å². The first-order valence-electron chi connectivity index (χ1n) is 6.52. The van der Waals surface area contributed by atoms with Crippen LogP contribution in [0.25, 0.3) is 0 Å². The Kier molecular flexibility index (Phi) is 4.54. The molecule has 0 aliphatic carbocycles. The van der Waals surface area contributed by atoms with Gasteiger partial charge < -0.3 is 14.9 Å². The summed E-state index contributed by atoms with van der Waals surface area (Å²) >= 11 is 0. The molecule has 0 aliphatic heterocycles. The van der Waals surface area contributed by atoms with Crippen LogP contribution >= 0.6 is 0 Å². The second kappa shape index (κ2) is 6.19. The molecule has 21 heavy (non-hydrogen) atoms. The highest BCUT2D eigenvalue weighted by Gasteiger charge is 2.22. The van der Waals surface area contributed by atoms with Crippen LogP contribution in [0.4, 0.5) is 5.69 Å². The molecule has 1 aromatic heterocycles. The summed E-state index contributed by atoms with van der Waals surface area (Å²) in [6.07, 6.45) is 0. The highest BCUT2D eigenvalue weighted by molar-refractivity contribution is 7.92. The molecule has 0 atom stereocenters. The highest BCUT2D eigenvalue weighted by atomic mass is 32.2. The van der Waals surface area contributed by atoms with E-state index in [9.17, 15) is 8.42 Å². The number of ether oxygens (including phenoxy) is 1. The number of anilines is 1. The molecule has 0 spiro atoms. The smallest absolute Gasteiger partial charge is 0.265 e. The first kappa shape index (κ1) is 15.4. The van der Waals surface area contributed by atoms with Gasteiger partial charge in [-0.3, -0.25) is 4.72 Å². The van der Waals surface area contributed by atoms with E-state index in [-0.39, 0.29) is 11.4 Å². The number of nitrogens with one attached hydrogen (secondary N) is 1. The van der Waals surface area contributed by atoms with Gasteiger partial charge in [0.15, 0.2) is 0 Å². The number of aryl methyl sites for hydroxylation is 1. The summed E-state index contributed by atoms with van der Waals surface area (Å²) in [6.45, 7) is 4.01. The van der Waals surface area contributed by atoms with E-state index in [1.807, 2.05) is 6.92 Å². The van der Waals surface area contributed by atoms with Crippen LogP contribution in [0.5, 0.6) is 5.75 Å². The third-order valence-electron chi connectivity index (χ3n) is 2.85. The van der Waals surface area contributed by atoms with Gasteiger partial charge in [0, 0.05) is 6.07 Å². The largest absolute Gasteiger partial charge is 0.492 e. The van der Waals surface area contributed by atoms with Crippen molar-refractivity contribution < 1.29 is 17.6 Å². The van der Waals surface area contributed by atoms with Crippen LogP contribution in [0.1, 0.15) is 18.4 Å². The van der Waals surface area contributed by atoms with E-state index in [1.165, 1.54) is 6.07 Å². The molecule has 3 N–H and O–H groups in total. The molecular formula is C14H18N2O4S. The molecular weight excluding hydrogens is 292 g/mol. The van der Waals surface area contributed by atoms with Gasteiger partial charge in [-0.05, 0) is 26.0 Å². The monoisotopic (exact) mass is 310 g/mol. The van der Waals surface area contributed by atoms with Crippen LogP contribution in [0.3, 0.4) is 0 Å². The van der Waals surface area contributed by atoms with Crippen LogP contribution in [-0.2, 0) is 16.6 Å². The molecule has 0 bridgehead atoms. The number of sulfonamides is 1. The number of benzene rings is 1. The SMILES string of the molecule is CCOc1ccccc1NS(=O)(=O)c1cc(CN)oc1C. The fourth-order valence-electron chi connectivity index (χ4n) is 1.92. The van der Waals surface area contributed by atoms with Gasteiger partial charge >= 0.3 is 0 Å². The molecule has 6 nitrogen and oxygen atoms in total. The Morgan fingerprint density at radius 2 is 2.05 bits per heavy atom. The summed E-state index contributed by atoms with van der Waals surface area (Å²) in [5.74, 6) is 1.20. The van der Waals surface area contributed by atoms with Crippen molar-refractivity contribution in [2.45, 2.75) is 25.3 Å². The van der Waals surface area contributed by atoms with Crippen molar-refractivity contribution in [1.82, 2.24) is 0 Å². The predicted molar refractivity (Wildman–Crippen MR) is 79.8 cm³/mol. The van der Waals surface area contributed by atoms with Crippen molar-refractivity contribution in [3.8, 4) is 5.75 Å². The maximum absolute atomic E-state index is 12.4. The fourth-order valence-corrected chi connectivity index (χ4v) is 3.20. The van der Waals surface area contributed by atoms with Crippen molar-refractivity contribution in [2.24, 2.45) is 5.73 Å². The second-order valence-corrected chi connectivity index (χ2v) is 6.02. The van der Waals surface area contributed by atoms with Gasteiger partial charge in [0.2, 0.25) is 0 Å². The number of furan rings is 1. The minimum absolute atomic E-state index is 0.0780. The molecule has 0 amide bonds. The normalized spacial score (nSPS) is 11.4. The summed E-state index contributed by atoms with van der Waals surface area (Å²) in [5, 5.41) is 0. The Labute approximate surface area is 124 Å². The minimum Gasteiger partial charge on any atom is -0.492 e. The minimum atomic E-state index is -3.75. The first-order valence-corrected chi connectivity index (χ1v) is 8.00. The molecule has 0 unspecified atom stereocenters. The Morgan fingerprint density at radius 3 is 2.67 bits per heavy atom. The zero-order valence-corrected chi connectivity index (χ0v) is 12.7. The van der Waals surface area contributed by atoms with Crippen molar-refractivity contribution >= 4 is 15.7 Å². The van der Waals surface area contributed by atoms with E-state index in [4.69, 9.17) is 14.9 Å². The lowest BCUT2D eigenvalue weighted by Gasteiger charge is -2.12. The maximum atomic E-state index is 12.4. The topological polar surface area (TPSA) is 94.6 Å². The number of hydrogen-bond acceptors (Lipinski definition) is 5. The number of hydrogen-bond donors (Lipinski definition) is 2. The van der Waals surface area contributed by atoms with Crippen molar-refractivity contribution in [3.05, 3.63) is 41.9 Å². The Hall–Kier alpha value is -1.99. The van der Waals surface area contributed by atoms with Crippen LogP contribution in [0.2, 0.25) is 0 Å². The maximum Gasteiger partial charge on any atom is 0.265 e. The third-order valence-corrected chi connectivity index (χ3v) is 4.32. The molecule has 114 valence electrons. The summed E-state index contributed by atoms with van der Waals surface area (Å²) < 4.78 is 38.1. The van der Waals surface area contributed by atoms with Crippen molar-refractivity contribution in [2.75, 3.05) is 11.3 Å². The lowest BCUT2D eigenvalue weighted by molar-refractivity contribution is 0.342. The molecule has 1 aromatic carbocycles. The van der Waals surface area contributed by atoms with E-state index in [0.29, 0.717) is 29.6 Å². The van der Waals surface area contributed by atoms with Crippen molar-refractivity contribution in [3.63, 3.8) is 0 Å². The van der Waals surface area contributed by atoms with Gasteiger partial charge in [-0.25, -0.2) is 8.42 Å². The number of rotatable bonds is 6. The summed E-state index contributed by atoms with van der Waals surface area (Å²) in [6, 6.07) is 8.28. The Bertz CT molecular complexity index is 722. The van der Waals surface area contributed by atoms with Gasteiger partial charge in [-0.15, -0.1) is 0 Å². The third kappa shape index (κ3) is 3.37. The van der Waals surface area contributed by atoms with Crippen LogP contribution in [0.15, 0.2) is 39.6 Å². The predicted octanol–water partition coefficient (Wildman–Crippen LogP) is 2.25. The standard InChI is InChI=1S/C14H18N2O4S/c1-3-19-13-7-5-4-6-12(13)16-21(17,18)14-8-11(9-15)20-10(14)2/h4-8,16H,3,9,15H2,1-2H3. The molecule has 0 saturated heterocycles. The van der Waals surface area contributed by atoms with Crippen LogP contribution in [0, 0.1) is 6.92 Å². The van der Waals surface area contributed by atoms with E-state index in [2.05, 4.69) is 4.72 Å². The van der Waals surface area contributed by atoms with Crippen LogP contribution in [-0.4, -0.2) is 15.0 Å². The molecule has 2 aromatic rings. The zero-order valence-electron chi connectivity index (χ0n) is 11.9. The molecule has 2 rings (SSSR count). The average Bonchev–Trinajstić information content (AvgIpc) is 2.83. The summed E-state index contributed by atoms with van der Waals surface area (Å²) in [5.41, 5.74) is 5.85. The molecule has 0 radical (unpaired) electrons. The molecule has 7 heteroatoms.